The summed E-state index contributed by atoms with van der Waals surface area (Å²) in [6, 6.07) is -0.724. The first-order chi connectivity index (χ1) is 9.91. The van der Waals surface area contributed by atoms with E-state index in [9.17, 15) is 9.59 Å². The summed E-state index contributed by atoms with van der Waals surface area (Å²) in [6.07, 6.45) is 4.86. The van der Waals surface area contributed by atoms with Crippen molar-refractivity contribution in [1.82, 2.24) is 20.2 Å². The predicted octanol–water partition coefficient (Wildman–Crippen LogP) is 1.74. The van der Waals surface area contributed by atoms with E-state index in [2.05, 4.69) is 10.5 Å². The molecule has 0 spiro atoms. The van der Waals surface area contributed by atoms with Gasteiger partial charge in [-0.2, -0.15) is 5.10 Å². The molecule has 1 heterocycles. The average molecular weight is 314 g/mol. The van der Waals surface area contributed by atoms with Gasteiger partial charge in [0.25, 0.3) is 5.91 Å². The van der Waals surface area contributed by atoms with Crippen molar-refractivity contribution in [3.63, 3.8) is 0 Å². The Morgan fingerprint density at radius 3 is 2.48 bits per heavy atom. The zero-order valence-electron chi connectivity index (χ0n) is 12.2. The summed E-state index contributed by atoms with van der Waals surface area (Å²) in [7, 11) is 1.63. The third-order valence-corrected chi connectivity index (χ3v) is 4.22. The molecule has 1 aliphatic rings. The van der Waals surface area contributed by atoms with E-state index in [0.717, 1.165) is 32.1 Å². The molecule has 3 N–H and O–H groups in total. The third kappa shape index (κ3) is 3.29. The lowest BCUT2D eigenvalue weighted by atomic mass is 9.95. The zero-order valence-corrected chi connectivity index (χ0v) is 13.0. The van der Waals surface area contributed by atoms with Crippen LogP contribution < -0.4 is 11.2 Å². The van der Waals surface area contributed by atoms with Gasteiger partial charge in [-0.05, 0) is 19.8 Å². The van der Waals surface area contributed by atoms with E-state index < -0.39 is 11.9 Å². The number of aromatic nitrogens is 2. The molecule has 7 nitrogen and oxygen atoms in total. The molecule has 0 aromatic carbocycles. The number of urea groups is 1. The first-order valence-electron chi connectivity index (χ1n) is 7.00. The van der Waals surface area contributed by atoms with Gasteiger partial charge in [-0.1, -0.05) is 30.9 Å². The monoisotopic (exact) mass is 313 g/mol. The molecule has 1 fully saturated rings. The van der Waals surface area contributed by atoms with E-state index in [-0.39, 0.29) is 16.8 Å². The molecule has 1 aromatic rings. The topological polar surface area (TPSA) is 93.2 Å². The molecule has 0 saturated heterocycles. The van der Waals surface area contributed by atoms with Crippen LogP contribution in [0.15, 0.2) is 0 Å². The van der Waals surface area contributed by atoms with E-state index in [4.69, 9.17) is 17.3 Å². The van der Waals surface area contributed by atoms with Gasteiger partial charge in [0.1, 0.15) is 5.69 Å². The van der Waals surface area contributed by atoms with Crippen molar-refractivity contribution in [2.75, 3.05) is 0 Å². The highest BCUT2D eigenvalue weighted by Gasteiger charge is 2.28. The Morgan fingerprint density at radius 1 is 1.38 bits per heavy atom. The quantitative estimate of drug-likeness (QED) is 0.814. The number of amides is 3. The number of nitrogens with one attached hydrogen (secondary N) is 1. The van der Waals surface area contributed by atoms with E-state index in [1.165, 1.54) is 9.69 Å². The highest BCUT2D eigenvalue weighted by atomic mass is 35.5. The van der Waals surface area contributed by atoms with Crippen molar-refractivity contribution in [2.24, 2.45) is 12.8 Å². The van der Waals surface area contributed by atoms with Gasteiger partial charge in [0, 0.05) is 7.05 Å². The van der Waals surface area contributed by atoms with Gasteiger partial charge in [-0.3, -0.25) is 14.9 Å². The van der Waals surface area contributed by atoms with Gasteiger partial charge >= 0.3 is 6.03 Å². The molecule has 21 heavy (non-hydrogen) atoms. The molecule has 8 heteroatoms. The van der Waals surface area contributed by atoms with Gasteiger partial charge in [-0.25, -0.2) is 9.80 Å². The number of carbonyl (C=O) groups excluding carboxylic acids is 2. The van der Waals surface area contributed by atoms with Crippen LogP contribution >= 0.6 is 11.6 Å². The molecule has 0 radical (unpaired) electrons. The lowest BCUT2D eigenvalue weighted by Gasteiger charge is -2.32. The fraction of sp³-hybridized carbons (Fsp3) is 0.615. The molecule has 1 aromatic heterocycles. The molecule has 0 bridgehead atoms. The summed E-state index contributed by atoms with van der Waals surface area (Å²) in [6.45, 7) is 1.71. The predicted molar refractivity (Wildman–Crippen MR) is 78.7 cm³/mol. The van der Waals surface area contributed by atoms with Crippen molar-refractivity contribution in [3.05, 3.63) is 16.4 Å². The normalized spacial score (nSPS) is 15.8. The number of hydrogen-bond acceptors (Lipinski definition) is 3. The van der Waals surface area contributed by atoms with Gasteiger partial charge in [0.15, 0.2) is 0 Å². The number of rotatable bonds is 2. The van der Waals surface area contributed by atoms with Crippen molar-refractivity contribution in [3.8, 4) is 0 Å². The summed E-state index contributed by atoms with van der Waals surface area (Å²) < 4.78 is 1.40. The highest BCUT2D eigenvalue weighted by molar-refractivity contribution is 6.34. The molecule has 3 amide bonds. The van der Waals surface area contributed by atoms with E-state index in [1.54, 1.807) is 14.0 Å². The summed E-state index contributed by atoms with van der Waals surface area (Å²) in [5.41, 5.74) is 8.75. The molecule has 1 aliphatic carbocycles. The first-order valence-corrected chi connectivity index (χ1v) is 7.38. The number of hydrazine groups is 1. The minimum absolute atomic E-state index is 0.0618. The lowest BCUT2D eigenvalue weighted by Crippen LogP contribution is -2.54. The molecule has 0 unspecified atom stereocenters. The van der Waals surface area contributed by atoms with E-state index in [0.29, 0.717) is 5.69 Å². The summed E-state index contributed by atoms with van der Waals surface area (Å²) >= 11 is 6.08. The number of carbonyl (C=O) groups is 2. The smallest absolute Gasteiger partial charge is 0.333 e. The summed E-state index contributed by atoms with van der Waals surface area (Å²) in [5.74, 6) is -0.479. The SMILES string of the molecule is Cc1nn(C)c(C(=O)NN(C(N)=O)C2CCCCC2)c1Cl. The second-order valence-corrected chi connectivity index (χ2v) is 5.69. The number of halogens is 1. The van der Waals surface area contributed by atoms with Gasteiger partial charge in [0.05, 0.1) is 16.8 Å². The maximum Gasteiger partial charge on any atom is 0.333 e. The fourth-order valence-corrected chi connectivity index (χ4v) is 2.95. The van der Waals surface area contributed by atoms with Gasteiger partial charge < -0.3 is 5.73 Å². The maximum absolute atomic E-state index is 12.4. The largest absolute Gasteiger partial charge is 0.350 e. The third-order valence-electron chi connectivity index (χ3n) is 3.76. The van der Waals surface area contributed by atoms with Gasteiger partial charge in [0.2, 0.25) is 0 Å². The number of primary amides is 1. The number of nitrogens with two attached hydrogens (primary N) is 1. The minimum atomic E-state index is -0.662. The van der Waals surface area contributed by atoms with Crippen molar-refractivity contribution < 1.29 is 9.59 Å². The summed E-state index contributed by atoms with van der Waals surface area (Å²) in [5, 5.41) is 5.59. The van der Waals surface area contributed by atoms with Crippen molar-refractivity contribution in [1.29, 1.82) is 0 Å². The average Bonchev–Trinajstić information content (AvgIpc) is 2.70. The molecule has 0 atom stereocenters. The van der Waals surface area contributed by atoms with E-state index in [1.807, 2.05) is 0 Å². The Morgan fingerprint density at radius 2 is 2.00 bits per heavy atom. The van der Waals surface area contributed by atoms with Crippen molar-refractivity contribution in [2.45, 2.75) is 45.1 Å². The molecular weight excluding hydrogens is 294 g/mol. The lowest BCUT2D eigenvalue weighted by molar-refractivity contribution is 0.0722. The van der Waals surface area contributed by atoms with Crippen LogP contribution in [0.2, 0.25) is 5.02 Å². The fourth-order valence-electron chi connectivity index (χ4n) is 2.71. The van der Waals surface area contributed by atoms with Crippen LogP contribution in [0.3, 0.4) is 0 Å². The molecule has 0 aliphatic heterocycles. The number of nitrogens with zero attached hydrogens (tertiary/aromatic N) is 3. The first kappa shape index (κ1) is 15.6. The van der Waals surface area contributed by atoms with Crippen LogP contribution in [-0.2, 0) is 7.05 Å². The minimum Gasteiger partial charge on any atom is -0.350 e. The molecular formula is C13H20ClN5O2. The Labute approximate surface area is 128 Å². The van der Waals surface area contributed by atoms with Crippen LogP contribution in [0.25, 0.3) is 0 Å². The van der Waals surface area contributed by atoms with Crippen LogP contribution in [0.4, 0.5) is 4.79 Å². The van der Waals surface area contributed by atoms with E-state index >= 15 is 0 Å². The van der Waals surface area contributed by atoms with Crippen LogP contribution in [0, 0.1) is 6.92 Å². The Balaban J connectivity index is 2.16. The zero-order chi connectivity index (χ0) is 15.6. The van der Waals surface area contributed by atoms with Crippen LogP contribution in [0.5, 0.6) is 0 Å². The van der Waals surface area contributed by atoms with Crippen LogP contribution in [-0.4, -0.2) is 32.8 Å². The number of hydrogen-bond donors (Lipinski definition) is 2. The van der Waals surface area contributed by atoms with Crippen LogP contribution in [0.1, 0.15) is 48.3 Å². The summed E-state index contributed by atoms with van der Waals surface area (Å²) in [4.78, 5) is 24.0. The Hall–Kier alpha value is -1.76. The Kier molecular flexibility index (Phi) is 4.72. The maximum atomic E-state index is 12.4. The number of aryl methyl sites for hydroxylation is 2. The molecule has 116 valence electrons. The van der Waals surface area contributed by atoms with Gasteiger partial charge in [-0.15, -0.1) is 0 Å². The highest BCUT2D eigenvalue weighted by Crippen LogP contribution is 2.23. The van der Waals surface area contributed by atoms with Crippen molar-refractivity contribution >= 4 is 23.5 Å². The second kappa shape index (κ2) is 6.34. The standard InChI is InChI=1S/C13H20ClN5O2/c1-8-10(14)11(18(2)16-8)12(20)17-19(13(15)21)9-6-4-3-5-7-9/h9H,3-7H2,1-2H3,(H2,15,21)(H,17,20). The Bertz CT molecular complexity index is 551. The second-order valence-electron chi connectivity index (χ2n) is 5.31. The molecule has 2 rings (SSSR count). The molecule has 1 saturated carbocycles.